The molecular formula is C13H24O3. The van der Waals surface area contributed by atoms with E-state index in [9.17, 15) is 4.79 Å². The monoisotopic (exact) mass is 228 g/mol. The maximum Gasteiger partial charge on any atom is 0.305 e. The molecule has 1 rings (SSSR count). The summed E-state index contributed by atoms with van der Waals surface area (Å²) in [6, 6.07) is 0. The molecule has 1 aliphatic rings. The van der Waals surface area contributed by atoms with E-state index in [1.54, 1.807) is 0 Å². The molecule has 0 amide bonds. The lowest BCUT2D eigenvalue weighted by molar-refractivity contribution is -0.140. The van der Waals surface area contributed by atoms with Crippen molar-refractivity contribution in [3.8, 4) is 0 Å². The summed E-state index contributed by atoms with van der Waals surface area (Å²) in [5.74, 6) is -0.0792. The number of carbonyl (C=O) groups is 1. The summed E-state index contributed by atoms with van der Waals surface area (Å²) in [5.41, 5.74) is 0. The Hall–Kier alpha value is -0.570. The van der Waals surface area contributed by atoms with Gasteiger partial charge in [-0.25, -0.2) is 0 Å². The number of epoxide rings is 1. The van der Waals surface area contributed by atoms with Gasteiger partial charge in [0.15, 0.2) is 0 Å². The maximum absolute atomic E-state index is 10.8. The average Bonchev–Trinajstić information content (AvgIpc) is 3.10. The molecule has 1 unspecified atom stereocenters. The van der Waals surface area contributed by atoms with Gasteiger partial charge in [0.2, 0.25) is 0 Å². The van der Waals surface area contributed by atoms with E-state index in [2.05, 4.69) is 4.74 Å². The molecule has 16 heavy (non-hydrogen) atoms. The molecule has 0 aliphatic carbocycles. The summed E-state index contributed by atoms with van der Waals surface area (Å²) in [7, 11) is 1.45. The van der Waals surface area contributed by atoms with Crippen molar-refractivity contribution in [3.05, 3.63) is 0 Å². The fraction of sp³-hybridized carbons (Fsp3) is 0.923. The van der Waals surface area contributed by atoms with Gasteiger partial charge in [0.1, 0.15) is 0 Å². The number of rotatable bonds is 10. The van der Waals surface area contributed by atoms with Gasteiger partial charge in [0.25, 0.3) is 0 Å². The van der Waals surface area contributed by atoms with Crippen molar-refractivity contribution < 1.29 is 14.3 Å². The molecule has 0 aromatic heterocycles. The van der Waals surface area contributed by atoms with Crippen LogP contribution in [0.15, 0.2) is 0 Å². The lowest BCUT2D eigenvalue weighted by atomic mass is 10.1. The van der Waals surface area contributed by atoms with Crippen LogP contribution in [0.4, 0.5) is 0 Å². The number of unbranched alkanes of at least 4 members (excludes halogenated alkanes) is 6. The van der Waals surface area contributed by atoms with Gasteiger partial charge >= 0.3 is 5.97 Å². The van der Waals surface area contributed by atoms with Crippen LogP contribution in [0, 0.1) is 0 Å². The van der Waals surface area contributed by atoms with E-state index in [1.165, 1.54) is 45.6 Å². The molecule has 1 heterocycles. The summed E-state index contributed by atoms with van der Waals surface area (Å²) < 4.78 is 9.74. The molecule has 1 fully saturated rings. The van der Waals surface area contributed by atoms with Crippen LogP contribution >= 0.6 is 0 Å². The molecule has 1 atom stereocenters. The number of methoxy groups -OCH3 is 1. The van der Waals surface area contributed by atoms with Crippen LogP contribution in [0.5, 0.6) is 0 Å². The first-order valence-corrected chi connectivity index (χ1v) is 6.51. The normalized spacial score (nSPS) is 18.4. The highest BCUT2D eigenvalue weighted by Crippen LogP contribution is 2.18. The van der Waals surface area contributed by atoms with E-state index < -0.39 is 0 Å². The highest BCUT2D eigenvalue weighted by Gasteiger charge is 2.20. The number of hydrogen-bond donors (Lipinski definition) is 0. The third-order valence-corrected chi connectivity index (χ3v) is 3.04. The molecule has 0 N–H and O–H groups in total. The molecular weight excluding hydrogens is 204 g/mol. The number of ether oxygens (including phenoxy) is 2. The average molecular weight is 228 g/mol. The molecule has 0 bridgehead atoms. The first-order chi connectivity index (χ1) is 7.83. The van der Waals surface area contributed by atoms with Crippen molar-refractivity contribution in [2.24, 2.45) is 0 Å². The van der Waals surface area contributed by atoms with Gasteiger partial charge in [0, 0.05) is 6.42 Å². The molecule has 1 aliphatic heterocycles. The van der Waals surface area contributed by atoms with Crippen LogP contribution in [-0.2, 0) is 14.3 Å². The maximum atomic E-state index is 10.8. The molecule has 0 saturated carbocycles. The van der Waals surface area contributed by atoms with E-state index in [1.807, 2.05) is 0 Å². The van der Waals surface area contributed by atoms with Crippen molar-refractivity contribution >= 4 is 5.97 Å². The van der Waals surface area contributed by atoms with Gasteiger partial charge in [-0.2, -0.15) is 0 Å². The highest BCUT2D eigenvalue weighted by atomic mass is 16.6. The Morgan fingerprint density at radius 2 is 1.69 bits per heavy atom. The van der Waals surface area contributed by atoms with E-state index in [0.29, 0.717) is 12.5 Å². The van der Waals surface area contributed by atoms with E-state index in [4.69, 9.17) is 4.74 Å². The second kappa shape index (κ2) is 8.57. The Bertz CT molecular complexity index is 188. The van der Waals surface area contributed by atoms with Gasteiger partial charge in [-0.1, -0.05) is 38.5 Å². The van der Waals surface area contributed by atoms with Crippen LogP contribution in [-0.4, -0.2) is 25.8 Å². The predicted octanol–water partition coefficient (Wildman–Crippen LogP) is 3.07. The quantitative estimate of drug-likeness (QED) is 0.328. The van der Waals surface area contributed by atoms with Gasteiger partial charge in [-0.05, 0) is 12.8 Å². The minimum absolute atomic E-state index is 0.0792. The van der Waals surface area contributed by atoms with Crippen LogP contribution in [0.3, 0.4) is 0 Å². The zero-order valence-corrected chi connectivity index (χ0v) is 10.4. The lowest BCUT2D eigenvalue weighted by Gasteiger charge is -2.01. The third kappa shape index (κ3) is 7.69. The fourth-order valence-electron chi connectivity index (χ4n) is 1.86. The van der Waals surface area contributed by atoms with Crippen molar-refractivity contribution in [3.63, 3.8) is 0 Å². The van der Waals surface area contributed by atoms with Crippen LogP contribution in [0.1, 0.15) is 57.8 Å². The van der Waals surface area contributed by atoms with E-state index in [0.717, 1.165) is 19.4 Å². The smallest absolute Gasteiger partial charge is 0.305 e. The third-order valence-electron chi connectivity index (χ3n) is 3.04. The molecule has 0 aromatic carbocycles. The Morgan fingerprint density at radius 1 is 1.12 bits per heavy atom. The molecule has 0 aromatic rings. The molecule has 0 radical (unpaired) electrons. The summed E-state index contributed by atoms with van der Waals surface area (Å²) in [6.45, 7) is 0.994. The second-order valence-corrected chi connectivity index (χ2v) is 4.55. The summed E-state index contributed by atoms with van der Waals surface area (Å²) in [5, 5.41) is 0. The van der Waals surface area contributed by atoms with Gasteiger partial charge in [0.05, 0.1) is 19.8 Å². The fourth-order valence-corrected chi connectivity index (χ4v) is 1.86. The minimum Gasteiger partial charge on any atom is -0.469 e. The Labute approximate surface area is 98.5 Å². The van der Waals surface area contributed by atoms with Gasteiger partial charge in [-0.15, -0.1) is 0 Å². The van der Waals surface area contributed by atoms with Crippen LogP contribution < -0.4 is 0 Å². The zero-order valence-electron chi connectivity index (χ0n) is 10.4. The van der Waals surface area contributed by atoms with E-state index in [-0.39, 0.29) is 5.97 Å². The molecule has 1 saturated heterocycles. The number of esters is 1. The van der Waals surface area contributed by atoms with Crippen LogP contribution in [0.25, 0.3) is 0 Å². The van der Waals surface area contributed by atoms with Crippen molar-refractivity contribution in [1.29, 1.82) is 0 Å². The van der Waals surface area contributed by atoms with Crippen molar-refractivity contribution in [1.82, 2.24) is 0 Å². The summed E-state index contributed by atoms with van der Waals surface area (Å²) >= 11 is 0. The predicted molar refractivity (Wildman–Crippen MR) is 63.3 cm³/mol. The van der Waals surface area contributed by atoms with Gasteiger partial charge in [-0.3, -0.25) is 4.79 Å². The first kappa shape index (κ1) is 13.5. The highest BCUT2D eigenvalue weighted by molar-refractivity contribution is 5.68. The van der Waals surface area contributed by atoms with Crippen LogP contribution in [0.2, 0.25) is 0 Å². The molecule has 94 valence electrons. The standard InChI is InChI=1S/C13H24O3/c1-15-13(14)10-8-6-4-2-3-5-7-9-12-11-16-12/h12H,2-11H2,1H3. The van der Waals surface area contributed by atoms with Crippen molar-refractivity contribution in [2.75, 3.05) is 13.7 Å². The number of carbonyl (C=O) groups excluding carboxylic acids is 1. The number of hydrogen-bond acceptors (Lipinski definition) is 3. The Balaban J connectivity index is 1.69. The van der Waals surface area contributed by atoms with E-state index >= 15 is 0 Å². The summed E-state index contributed by atoms with van der Waals surface area (Å²) in [6.07, 6.45) is 11.1. The Morgan fingerprint density at radius 3 is 2.25 bits per heavy atom. The SMILES string of the molecule is COC(=O)CCCCCCCCCC1CO1. The van der Waals surface area contributed by atoms with Gasteiger partial charge < -0.3 is 9.47 Å². The molecule has 0 spiro atoms. The van der Waals surface area contributed by atoms with Crippen molar-refractivity contribution in [2.45, 2.75) is 63.9 Å². The zero-order chi connectivity index (χ0) is 11.6. The second-order valence-electron chi connectivity index (χ2n) is 4.55. The first-order valence-electron chi connectivity index (χ1n) is 6.51. The molecule has 3 heteroatoms. The summed E-state index contributed by atoms with van der Waals surface area (Å²) in [4.78, 5) is 10.8. The topological polar surface area (TPSA) is 38.8 Å². The largest absolute Gasteiger partial charge is 0.469 e. The molecule has 3 nitrogen and oxygen atoms in total. The lowest BCUT2D eigenvalue weighted by Crippen LogP contribution is -1.99. The Kier molecular flexibility index (Phi) is 7.23. The minimum atomic E-state index is -0.0792.